The molecule has 0 unspecified atom stereocenters. The minimum absolute atomic E-state index is 0.278. The van der Waals surface area contributed by atoms with Crippen LogP contribution in [0.25, 0.3) is 5.57 Å². The van der Waals surface area contributed by atoms with Crippen molar-refractivity contribution >= 4 is 5.57 Å². The molecule has 2 atom stereocenters. The monoisotopic (exact) mass is 218 g/mol. The number of aliphatic hydroxyl groups is 1. The highest BCUT2D eigenvalue weighted by Crippen LogP contribution is 2.34. The molecule has 86 valence electrons. The van der Waals surface area contributed by atoms with Gasteiger partial charge in [0.25, 0.3) is 0 Å². The van der Waals surface area contributed by atoms with Crippen LogP contribution in [0, 0.1) is 11.8 Å². The second-order valence-electron chi connectivity index (χ2n) is 4.64. The molecule has 1 aliphatic carbocycles. The average Bonchev–Trinajstić information content (AvgIpc) is 2.30. The molecule has 2 N–H and O–H groups in total. The second kappa shape index (κ2) is 4.71. The fraction of sp³-hybridized carbons (Fsp3) is 0.429. The van der Waals surface area contributed by atoms with Crippen molar-refractivity contribution in [2.45, 2.75) is 19.8 Å². The normalized spacial score (nSPS) is 25.2. The molecule has 0 saturated carbocycles. The molecule has 0 radical (unpaired) electrons. The molecule has 1 aliphatic rings. The number of aromatic hydroxyl groups is 1. The molecule has 0 aromatic heterocycles. The highest BCUT2D eigenvalue weighted by molar-refractivity contribution is 5.66. The minimum atomic E-state index is 0.278. The van der Waals surface area contributed by atoms with Crippen LogP contribution in [0.5, 0.6) is 5.75 Å². The molecule has 2 rings (SSSR count). The van der Waals surface area contributed by atoms with Gasteiger partial charge in [-0.25, -0.2) is 0 Å². The molecule has 2 heteroatoms. The molecule has 0 bridgehead atoms. The summed E-state index contributed by atoms with van der Waals surface area (Å²) in [4.78, 5) is 0. The predicted octanol–water partition coefficient (Wildman–Crippen LogP) is 2.81. The largest absolute Gasteiger partial charge is 0.508 e. The maximum absolute atomic E-state index is 9.23. The van der Waals surface area contributed by atoms with Gasteiger partial charge in [-0.1, -0.05) is 25.1 Å². The Hall–Kier alpha value is -1.28. The molecule has 0 fully saturated rings. The van der Waals surface area contributed by atoms with Crippen molar-refractivity contribution in [2.24, 2.45) is 11.8 Å². The lowest BCUT2D eigenvalue weighted by Crippen LogP contribution is -2.19. The van der Waals surface area contributed by atoms with Crippen molar-refractivity contribution in [2.75, 3.05) is 6.61 Å². The maximum Gasteiger partial charge on any atom is 0.115 e. The van der Waals surface area contributed by atoms with Gasteiger partial charge in [0, 0.05) is 6.61 Å². The number of hydrogen-bond donors (Lipinski definition) is 2. The highest BCUT2D eigenvalue weighted by atomic mass is 16.3. The zero-order chi connectivity index (χ0) is 11.5. The van der Waals surface area contributed by atoms with Gasteiger partial charge in [0.2, 0.25) is 0 Å². The van der Waals surface area contributed by atoms with E-state index in [0.717, 1.165) is 12.8 Å². The molecule has 0 amide bonds. The van der Waals surface area contributed by atoms with Crippen LogP contribution in [0.2, 0.25) is 0 Å². The van der Waals surface area contributed by atoms with Gasteiger partial charge in [0.05, 0.1) is 0 Å². The Kier molecular flexibility index (Phi) is 3.30. The molecule has 16 heavy (non-hydrogen) atoms. The molecule has 0 spiro atoms. The SMILES string of the molecule is C[C@H]1CC(c2ccc(O)cc2)=CC[C@H]1CO. The van der Waals surface area contributed by atoms with E-state index in [-0.39, 0.29) is 6.61 Å². The first kappa shape index (κ1) is 11.2. The molecular formula is C14H18O2. The van der Waals surface area contributed by atoms with Crippen LogP contribution in [-0.2, 0) is 0 Å². The molecule has 0 aliphatic heterocycles. The van der Waals surface area contributed by atoms with E-state index in [9.17, 15) is 10.2 Å². The Labute approximate surface area is 96.2 Å². The number of rotatable bonds is 2. The number of allylic oxidation sites excluding steroid dienone is 2. The van der Waals surface area contributed by atoms with Crippen LogP contribution in [0.3, 0.4) is 0 Å². The summed E-state index contributed by atoms with van der Waals surface area (Å²) in [7, 11) is 0. The fourth-order valence-electron chi connectivity index (χ4n) is 2.29. The first-order valence-corrected chi connectivity index (χ1v) is 5.80. The van der Waals surface area contributed by atoms with Crippen molar-refractivity contribution in [3.8, 4) is 5.75 Å². The highest BCUT2D eigenvalue weighted by Gasteiger charge is 2.21. The standard InChI is InChI=1S/C14H18O2/c1-10-8-12(2-3-13(10)9-15)11-4-6-14(16)7-5-11/h2,4-7,10,13,15-16H,3,8-9H2,1H3/t10-,13-/m0/s1. The van der Waals surface area contributed by atoms with Gasteiger partial charge in [0.15, 0.2) is 0 Å². The third-order valence-electron chi connectivity index (χ3n) is 3.49. The van der Waals surface area contributed by atoms with Crippen LogP contribution in [0.4, 0.5) is 0 Å². The number of phenols is 1. The van der Waals surface area contributed by atoms with Crippen LogP contribution < -0.4 is 0 Å². The van der Waals surface area contributed by atoms with Crippen molar-refractivity contribution < 1.29 is 10.2 Å². The van der Waals surface area contributed by atoms with Gasteiger partial charge in [0.1, 0.15) is 5.75 Å². The van der Waals surface area contributed by atoms with E-state index in [2.05, 4.69) is 13.0 Å². The lowest BCUT2D eigenvalue weighted by molar-refractivity contribution is 0.181. The lowest BCUT2D eigenvalue weighted by Gasteiger charge is -2.27. The van der Waals surface area contributed by atoms with Gasteiger partial charge in [-0.05, 0) is 47.9 Å². The van der Waals surface area contributed by atoms with Crippen LogP contribution >= 0.6 is 0 Å². The van der Waals surface area contributed by atoms with E-state index in [0.29, 0.717) is 17.6 Å². The summed E-state index contributed by atoms with van der Waals surface area (Å²) in [5.41, 5.74) is 2.51. The Morgan fingerprint density at radius 3 is 2.50 bits per heavy atom. The third kappa shape index (κ3) is 2.27. The Morgan fingerprint density at radius 1 is 1.25 bits per heavy atom. The van der Waals surface area contributed by atoms with Gasteiger partial charge in [-0.15, -0.1) is 0 Å². The molecule has 0 saturated heterocycles. The van der Waals surface area contributed by atoms with Crippen LogP contribution in [0.1, 0.15) is 25.3 Å². The summed E-state index contributed by atoms with van der Waals surface area (Å²) in [6.45, 7) is 2.47. The maximum atomic E-state index is 9.23. The topological polar surface area (TPSA) is 40.5 Å². The van der Waals surface area contributed by atoms with E-state index < -0.39 is 0 Å². The minimum Gasteiger partial charge on any atom is -0.508 e. The summed E-state index contributed by atoms with van der Waals surface area (Å²) >= 11 is 0. The van der Waals surface area contributed by atoms with Crippen molar-refractivity contribution in [3.05, 3.63) is 35.9 Å². The van der Waals surface area contributed by atoms with E-state index in [1.165, 1.54) is 11.1 Å². The van der Waals surface area contributed by atoms with Gasteiger partial charge in [-0.2, -0.15) is 0 Å². The first-order valence-electron chi connectivity index (χ1n) is 5.80. The van der Waals surface area contributed by atoms with Gasteiger partial charge >= 0.3 is 0 Å². The van der Waals surface area contributed by atoms with E-state index in [1.807, 2.05) is 12.1 Å². The number of aliphatic hydroxyl groups excluding tert-OH is 1. The summed E-state index contributed by atoms with van der Waals surface area (Å²) in [6.07, 6.45) is 4.18. The quantitative estimate of drug-likeness (QED) is 0.801. The van der Waals surface area contributed by atoms with Crippen molar-refractivity contribution in [3.63, 3.8) is 0 Å². The number of phenolic OH excluding ortho intramolecular Hbond substituents is 1. The molecule has 1 aromatic rings. The van der Waals surface area contributed by atoms with Crippen LogP contribution in [-0.4, -0.2) is 16.8 Å². The Bertz CT molecular complexity index is 378. The molecule has 2 nitrogen and oxygen atoms in total. The zero-order valence-electron chi connectivity index (χ0n) is 9.56. The summed E-state index contributed by atoms with van der Waals surface area (Å²) in [5, 5.41) is 18.4. The number of hydrogen-bond acceptors (Lipinski definition) is 2. The molecule has 0 heterocycles. The summed E-state index contributed by atoms with van der Waals surface area (Å²) in [6, 6.07) is 7.35. The van der Waals surface area contributed by atoms with Crippen molar-refractivity contribution in [1.82, 2.24) is 0 Å². The zero-order valence-corrected chi connectivity index (χ0v) is 9.56. The summed E-state index contributed by atoms with van der Waals surface area (Å²) in [5.74, 6) is 1.24. The predicted molar refractivity (Wildman–Crippen MR) is 65.1 cm³/mol. The van der Waals surface area contributed by atoms with E-state index in [4.69, 9.17) is 0 Å². The third-order valence-corrected chi connectivity index (χ3v) is 3.49. The van der Waals surface area contributed by atoms with E-state index in [1.54, 1.807) is 12.1 Å². The average molecular weight is 218 g/mol. The Balaban J connectivity index is 2.17. The molecule has 1 aromatic carbocycles. The van der Waals surface area contributed by atoms with Crippen molar-refractivity contribution in [1.29, 1.82) is 0 Å². The fourth-order valence-corrected chi connectivity index (χ4v) is 2.29. The molecular weight excluding hydrogens is 200 g/mol. The van der Waals surface area contributed by atoms with Crippen LogP contribution in [0.15, 0.2) is 30.3 Å². The Morgan fingerprint density at radius 2 is 1.94 bits per heavy atom. The van der Waals surface area contributed by atoms with Gasteiger partial charge < -0.3 is 10.2 Å². The first-order chi connectivity index (χ1) is 7.70. The number of benzene rings is 1. The lowest BCUT2D eigenvalue weighted by atomic mass is 9.79. The smallest absolute Gasteiger partial charge is 0.115 e. The van der Waals surface area contributed by atoms with E-state index >= 15 is 0 Å². The summed E-state index contributed by atoms with van der Waals surface area (Å²) < 4.78 is 0. The second-order valence-corrected chi connectivity index (χ2v) is 4.64. The van der Waals surface area contributed by atoms with Gasteiger partial charge in [-0.3, -0.25) is 0 Å².